The van der Waals surface area contributed by atoms with Crippen LogP contribution in [0.3, 0.4) is 0 Å². The van der Waals surface area contributed by atoms with Crippen molar-refractivity contribution in [3.63, 3.8) is 0 Å². The van der Waals surface area contributed by atoms with Gasteiger partial charge in [0.15, 0.2) is 0 Å². The molecule has 2 amide bonds. The number of carbonyl (C=O) groups is 2. The van der Waals surface area contributed by atoms with Crippen LogP contribution in [0.5, 0.6) is 0 Å². The van der Waals surface area contributed by atoms with Crippen LogP contribution < -0.4 is 5.32 Å². The SMILES string of the molecule is CC1=C(C(=O)N(C)Cc2ccccc2)CC(C(=O)N(C)Cc2ccccc2)=C(C)N1. The molecule has 0 saturated carbocycles. The number of amides is 2. The van der Waals surface area contributed by atoms with Gasteiger partial charge in [-0.2, -0.15) is 0 Å². The number of carbonyl (C=O) groups excluding carboxylic acids is 2. The summed E-state index contributed by atoms with van der Waals surface area (Å²) in [6, 6.07) is 19.8. The summed E-state index contributed by atoms with van der Waals surface area (Å²) in [4.78, 5) is 29.7. The number of benzene rings is 2. The number of hydrogen-bond acceptors (Lipinski definition) is 3. The smallest absolute Gasteiger partial charge is 0.251 e. The molecule has 0 aliphatic carbocycles. The maximum absolute atomic E-state index is 13.1. The normalized spacial score (nSPS) is 13.7. The molecule has 3 rings (SSSR count). The van der Waals surface area contributed by atoms with Crippen LogP contribution in [-0.4, -0.2) is 35.7 Å². The lowest BCUT2D eigenvalue weighted by Crippen LogP contribution is -2.36. The topological polar surface area (TPSA) is 52.7 Å². The van der Waals surface area contributed by atoms with Gasteiger partial charge in [-0.1, -0.05) is 60.7 Å². The van der Waals surface area contributed by atoms with Gasteiger partial charge in [0.1, 0.15) is 0 Å². The molecular formula is C25H29N3O2. The van der Waals surface area contributed by atoms with E-state index in [1.807, 2.05) is 74.5 Å². The molecule has 30 heavy (non-hydrogen) atoms. The van der Waals surface area contributed by atoms with E-state index >= 15 is 0 Å². The molecule has 5 nitrogen and oxygen atoms in total. The molecule has 2 aromatic carbocycles. The van der Waals surface area contributed by atoms with Crippen LogP contribution in [0.15, 0.2) is 83.2 Å². The van der Waals surface area contributed by atoms with E-state index in [0.29, 0.717) is 30.7 Å². The first-order valence-corrected chi connectivity index (χ1v) is 10.1. The lowest BCUT2D eigenvalue weighted by atomic mass is 9.96. The standard InChI is InChI=1S/C25H29N3O2/c1-18-22(24(29)27(3)16-20-11-7-5-8-12-20)15-23(19(2)26-18)25(30)28(4)17-21-13-9-6-10-14-21/h5-14,26H,15-17H2,1-4H3. The fraction of sp³-hybridized carbons (Fsp3) is 0.280. The van der Waals surface area contributed by atoms with Crippen LogP contribution in [0.4, 0.5) is 0 Å². The van der Waals surface area contributed by atoms with E-state index in [1.165, 1.54) is 0 Å². The van der Waals surface area contributed by atoms with E-state index in [-0.39, 0.29) is 11.8 Å². The zero-order valence-corrected chi connectivity index (χ0v) is 18.1. The van der Waals surface area contributed by atoms with Gasteiger partial charge in [-0.05, 0) is 25.0 Å². The Bertz CT molecular complexity index is 898. The molecule has 156 valence electrons. The summed E-state index contributed by atoms with van der Waals surface area (Å²) in [7, 11) is 3.59. The summed E-state index contributed by atoms with van der Waals surface area (Å²) in [5.41, 5.74) is 5.02. The fourth-order valence-electron chi connectivity index (χ4n) is 3.67. The predicted octanol–water partition coefficient (Wildman–Crippen LogP) is 3.84. The van der Waals surface area contributed by atoms with Crippen molar-refractivity contribution < 1.29 is 9.59 Å². The quantitative estimate of drug-likeness (QED) is 0.797. The van der Waals surface area contributed by atoms with Gasteiger partial charge in [-0.3, -0.25) is 9.59 Å². The lowest BCUT2D eigenvalue weighted by molar-refractivity contribution is -0.127. The van der Waals surface area contributed by atoms with E-state index in [4.69, 9.17) is 0 Å². The van der Waals surface area contributed by atoms with Gasteiger partial charge in [-0.25, -0.2) is 0 Å². The van der Waals surface area contributed by atoms with Crippen molar-refractivity contribution in [2.24, 2.45) is 0 Å². The third-order valence-electron chi connectivity index (χ3n) is 5.37. The minimum absolute atomic E-state index is 0.0626. The monoisotopic (exact) mass is 403 g/mol. The number of dihydropyridines is 1. The number of allylic oxidation sites excluding steroid dienone is 2. The zero-order chi connectivity index (χ0) is 21.7. The average Bonchev–Trinajstić information content (AvgIpc) is 2.74. The first-order chi connectivity index (χ1) is 14.4. The summed E-state index contributed by atoms with van der Waals surface area (Å²) in [6.45, 7) is 4.83. The molecule has 0 fully saturated rings. The fourth-order valence-corrected chi connectivity index (χ4v) is 3.67. The van der Waals surface area contributed by atoms with E-state index in [2.05, 4.69) is 5.32 Å². The average molecular weight is 404 g/mol. The second-order valence-corrected chi connectivity index (χ2v) is 7.80. The second-order valence-electron chi connectivity index (χ2n) is 7.80. The van der Waals surface area contributed by atoms with E-state index in [9.17, 15) is 9.59 Å². The highest BCUT2D eigenvalue weighted by Crippen LogP contribution is 2.26. The third kappa shape index (κ3) is 4.98. The Balaban J connectivity index is 1.71. The maximum atomic E-state index is 13.1. The molecule has 1 heterocycles. The molecule has 1 N–H and O–H groups in total. The minimum atomic E-state index is -0.0626. The molecular weight excluding hydrogens is 374 g/mol. The Morgan fingerprint density at radius 3 is 1.47 bits per heavy atom. The Labute approximate surface area is 178 Å². The zero-order valence-electron chi connectivity index (χ0n) is 18.1. The van der Waals surface area contributed by atoms with E-state index in [0.717, 1.165) is 22.5 Å². The van der Waals surface area contributed by atoms with E-state index < -0.39 is 0 Å². The summed E-state index contributed by atoms with van der Waals surface area (Å²) in [5.74, 6) is -0.125. The Kier molecular flexibility index (Phi) is 6.72. The summed E-state index contributed by atoms with van der Waals surface area (Å²) in [5, 5.41) is 3.24. The number of nitrogens with one attached hydrogen (secondary N) is 1. The number of likely N-dealkylation sites (N-methyl/N-ethyl adjacent to an activating group) is 2. The first kappa shape index (κ1) is 21.4. The lowest BCUT2D eigenvalue weighted by Gasteiger charge is -2.28. The molecule has 5 heteroatoms. The molecule has 0 aromatic heterocycles. The van der Waals surface area contributed by atoms with Gasteiger partial charge in [0.2, 0.25) is 0 Å². The van der Waals surface area contributed by atoms with Crippen molar-refractivity contribution >= 4 is 11.8 Å². The molecule has 0 spiro atoms. The summed E-state index contributed by atoms with van der Waals surface area (Å²) in [6.07, 6.45) is 0.334. The highest BCUT2D eigenvalue weighted by Gasteiger charge is 2.28. The highest BCUT2D eigenvalue weighted by molar-refractivity contribution is 6.00. The molecule has 0 unspecified atom stereocenters. The third-order valence-corrected chi connectivity index (χ3v) is 5.37. The van der Waals surface area contributed by atoms with Gasteiger partial charge in [0.25, 0.3) is 11.8 Å². The van der Waals surface area contributed by atoms with Crippen LogP contribution in [0.1, 0.15) is 31.4 Å². The first-order valence-electron chi connectivity index (χ1n) is 10.1. The van der Waals surface area contributed by atoms with Crippen molar-refractivity contribution in [3.8, 4) is 0 Å². The number of nitrogens with zero attached hydrogens (tertiary/aromatic N) is 2. The van der Waals surface area contributed by atoms with Crippen molar-refractivity contribution in [2.75, 3.05) is 14.1 Å². The molecule has 0 saturated heterocycles. The molecule has 0 bridgehead atoms. The minimum Gasteiger partial charge on any atom is -0.362 e. The van der Waals surface area contributed by atoms with Crippen LogP contribution in [0, 0.1) is 0 Å². The van der Waals surface area contributed by atoms with Crippen LogP contribution >= 0.6 is 0 Å². The molecule has 2 aromatic rings. The number of rotatable bonds is 6. The van der Waals surface area contributed by atoms with Gasteiger partial charge in [0.05, 0.1) is 0 Å². The Hall–Kier alpha value is -3.34. The molecule has 0 radical (unpaired) electrons. The highest BCUT2D eigenvalue weighted by atomic mass is 16.2. The van der Waals surface area contributed by atoms with Crippen LogP contribution in [-0.2, 0) is 22.7 Å². The molecule has 0 atom stereocenters. The van der Waals surface area contributed by atoms with E-state index in [1.54, 1.807) is 23.9 Å². The van der Waals surface area contributed by atoms with Crippen molar-refractivity contribution in [3.05, 3.63) is 94.3 Å². The molecule has 1 aliphatic rings. The van der Waals surface area contributed by atoms with Gasteiger partial charge < -0.3 is 15.1 Å². The number of hydrogen-bond donors (Lipinski definition) is 1. The van der Waals surface area contributed by atoms with Gasteiger partial charge >= 0.3 is 0 Å². The van der Waals surface area contributed by atoms with Crippen LogP contribution in [0.25, 0.3) is 0 Å². The second kappa shape index (κ2) is 9.44. The summed E-state index contributed by atoms with van der Waals surface area (Å²) >= 11 is 0. The summed E-state index contributed by atoms with van der Waals surface area (Å²) < 4.78 is 0. The van der Waals surface area contributed by atoms with Gasteiger partial charge in [-0.15, -0.1) is 0 Å². The predicted molar refractivity (Wildman–Crippen MR) is 119 cm³/mol. The van der Waals surface area contributed by atoms with Crippen LogP contribution in [0.2, 0.25) is 0 Å². The van der Waals surface area contributed by atoms with Gasteiger partial charge in [0, 0.05) is 56.1 Å². The van der Waals surface area contributed by atoms with Crippen molar-refractivity contribution in [1.29, 1.82) is 0 Å². The van der Waals surface area contributed by atoms with Crippen molar-refractivity contribution in [1.82, 2.24) is 15.1 Å². The van der Waals surface area contributed by atoms with Crippen molar-refractivity contribution in [2.45, 2.75) is 33.4 Å². The Morgan fingerprint density at radius 2 is 1.10 bits per heavy atom. The largest absolute Gasteiger partial charge is 0.362 e. The molecule has 1 aliphatic heterocycles. The Morgan fingerprint density at radius 1 is 0.733 bits per heavy atom. The maximum Gasteiger partial charge on any atom is 0.251 e.